The summed E-state index contributed by atoms with van der Waals surface area (Å²) in [6.45, 7) is 4.54. The predicted octanol–water partition coefficient (Wildman–Crippen LogP) is 0.948. The van der Waals surface area contributed by atoms with Gasteiger partial charge in [0.05, 0.1) is 5.69 Å². The monoisotopic (exact) mass is 332 g/mol. The van der Waals surface area contributed by atoms with Crippen molar-refractivity contribution in [3.63, 3.8) is 0 Å². The molecular formula is C17H24N4O3. The molecule has 1 unspecified atom stereocenters. The first-order valence-corrected chi connectivity index (χ1v) is 8.14. The van der Waals surface area contributed by atoms with E-state index >= 15 is 0 Å². The predicted molar refractivity (Wildman–Crippen MR) is 91.1 cm³/mol. The van der Waals surface area contributed by atoms with Crippen molar-refractivity contribution >= 4 is 23.4 Å². The molecule has 1 aromatic rings. The van der Waals surface area contributed by atoms with Gasteiger partial charge < -0.3 is 11.1 Å². The first-order valence-electron chi connectivity index (χ1n) is 8.14. The third-order valence-electron chi connectivity index (χ3n) is 3.82. The van der Waals surface area contributed by atoms with Crippen LogP contribution in [0.25, 0.3) is 0 Å². The Labute approximate surface area is 141 Å². The molecule has 24 heavy (non-hydrogen) atoms. The van der Waals surface area contributed by atoms with Crippen molar-refractivity contribution in [3.8, 4) is 0 Å². The van der Waals surface area contributed by atoms with E-state index in [1.165, 1.54) is 5.01 Å². The van der Waals surface area contributed by atoms with Gasteiger partial charge in [0.15, 0.2) is 0 Å². The number of carbonyl (C=O) groups excluding carboxylic acids is 3. The number of nitrogens with two attached hydrogens (primary N) is 1. The lowest BCUT2D eigenvalue weighted by molar-refractivity contribution is -0.130. The highest BCUT2D eigenvalue weighted by atomic mass is 16.2. The van der Waals surface area contributed by atoms with Gasteiger partial charge in [0.25, 0.3) is 5.91 Å². The Hall–Kier alpha value is -2.41. The first kappa shape index (κ1) is 17.9. The highest BCUT2D eigenvalue weighted by Gasteiger charge is 2.24. The summed E-state index contributed by atoms with van der Waals surface area (Å²) in [5.74, 6) is -0.135. The highest BCUT2D eigenvalue weighted by molar-refractivity contribution is 6.01. The number of anilines is 1. The van der Waals surface area contributed by atoms with E-state index in [4.69, 9.17) is 5.73 Å². The van der Waals surface area contributed by atoms with E-state index in [1.54, 1.807) is 24.3 Å². The Kier molecular flexibility index (Phi) is 5.92. The Morgan fingerprint density at radius 2 is 1.92 bits per heavy atom. The van der Waals surface area contributed by atoms with Crippen LogP contribution in [0.1, 0.15) is 43.5 Å². The lowest BCUT2D eigenvalue weighted by atomic mass is 10.0. The van der Waals surface area contributed by atoms with Gasteiger partial charge in [-0.05, 0) is 36.6 Å². The number of hydrogen-bond donors (Lipinski definition) is 3. The van der Waals surface area contributed by atoms with E-state index in [0.717, 1.165) is 6.42 Å². The number of amides is 3. The van der Waals surface area contributed by atoms with Gasteiger partial charge >= 0.3 is 0 Å². The van der Waals surface area contributed by atoms with Crippen LogP contribution < -0.4 is 21.5 Å². The first-order chi connectivity index (χ1) is 11.4. The maximum absolute atomic E-state index is 12.3. The van der Waals surface area contributed by atoms with Crippen LogP contribution in [0.5, 0.6) is 0 Å². The number of carbonyl (C=O) groups is 3. The van der Waals surface area contributed by atoms with Gasteiger partial charge in [-0.2, -0.15) is 0 Å². The van der Waals surface area contributed by atoms with Crippen LogP contribution in [0.15, 0.2) is 24.3 Å². The summed E-state index contributed by atoms with van der Waals surface area (Å²) in [5, 5.41) is 4.13. The third-order valence-corrected chi connectivity index (χ3v) is 3.82. The molecule has 7 heteroatoms. The number of hydrogen-bond acceptors (Lipinski definition) is 4. The van der Waals surface area contributed by atoms with Gasteiger partial charge in [0.1, 0.15) is 0 Å². The van der Waals surface area contributed by atoms with Gasteiger partial charge in [-0.3, -0.25) is 19.8 Å². The molecular weight excluding hydrogens is 308 g/mol. The van der Waals surface area contributed by atoms with Crippen molar-refractivity contribution in [1.29, 1.82) is 0 Å². The lowest BCUT2D eigenvalue weighted by Gasteiger charge is -2.27. The molecule has 1 aromatic carbocycles. The molecule has 1 atom stereocenters. The van der Waals surface area contributed by atoms with Gasteiger partial charge in [-0.15, -0.1) is 0 Å². The maximum atomic E-state index is 12.3. The number of nitrogens with zero attached hydrogens (tertiary/aromatic N) is 1. The fraction of sp³-hybridized carbons (Fsp3) is 0.471. The zero-order valence-corrected chi connectivity index (χ0v) is 14.0. The fourth-order valence-corrected chi connectivity index (χ4v) is 2.60. The summed E-state index contributed by atoms with van der Waals surface area (Å²) in [5.41, 5.74) is 9.23. The van der Waals surface area contributed by atoms with Crippen molar-refractivity contribution in [2.24, 2.45) is 11.7 Å². The number of benzene rings is 1. The molecule has 2 rings (SSSR count). The second-order valence-corrected chi connectivity index (χ2v) is 6.35. The van der Waals surface area contributed by atoms with Gasteiger partial charge in [0, 0.05) is 31.0 Å². The standard InChI is InChI=1S/C17H24N4O3/c1-11(2)9-13(10-18)19-17(24)12-3-5-14(6-4-12)21-16(23)8-7-15(22)20-21/h3-6,11,13H,7-10,18H2,1-2H3,(H,19,24)(H,20,22). The van der Waals surface area contributed by atoms with Gasteiger partial charge in [-0.25, -0.2) is 5.01 Å². The molecule has 130 valence electrons. The Morgan fingerprint density at radius 1 is 1.25 bits per heavy atom. The Bertz CT molecular complexity index is 613. The van der Waals surface area contributed by atoms with Crippen LogP contribution in [0.3, 0.4) is 0 Å². The molecule has 0 radical (unpaired) electrons. The summed E-state index contributed by atoms with van der Waals surface area (Å²) >= 11 is 0. The van der Waals surface area contributed by atoms with Crippen LogP contribution >= 0.6 is 0 Å². The van der Waals surface area contributed by atoms with Crippen molar-refractivity contribution in [1.82, 2.24) is 10.7 Å². The second kappa shape index (κ2) is 7.92. The number of hydrazine groups is 1. The summed E-state index contributed by atoms with van der Waals surface area (Å²) in [7, 11) is 0. The van der Waals surface area contributed by atoms with Crippen molar-refractivity contribution in [2.75, 3.05) is 11.6 Å². The molecule has 3 amide bonds. The van der Waals surface area contributed by atoms with Crippen molar-refractivity contribution < 1.29 is 14.4 Å². The minimum atomic E-state index is -0.202. The number of nitrogens with one attached hydrogen (secondary N) is 2. The molecule has 4 N–H and O–H groups in total. The SMILES string of the molecule is CC(C)CC(CN)NC(=O)c1ccc(N2NC(=O)CCC2=O)cc1. The largest absolute Gasteiger partial charge is 0.348 e. The van der Waals surface area contributed by atoms with Crippen molar-refractivity contribution in [2.45, 2.75) is 39.2 Å². The maximum Gasteiger partial charge on any atom is 0.251 e. The molecule has 1 saturated heterocycles. The Morgan fingerprint density at radius 3 is 2.50 bits per heavy atom. The molecule has 0 spiro atoms. The smallest absolute Gasteiger partial charge is 0.251 e. The van der Waals surface area contributed by atoms with Crippen LogP contribution in [-0.4, -0.2) is 30.3 Å². The number of rotatable bonds is 6. The average Bonchev–Trinajstić information content (AvgIpc) is 2.56. The molecule has 1 heterocycles. The molecule has 0 saturated carbocycles. The van der Waals surface area contributed by atoms with E-state index < -0.39 is 0 Å². The third kappa shape index (κ3) is 4.55. The normalized spacial score (nSPS) is 16.1. The Balaban J connectivity index is 2.04. The van der Waals surface area contributed by atoms with E-state index in [-0.39, 0.29) is 36.6 Å². The topological polar surface area (TPSA) is 105 Å². The summed E-state index contributed by atoms with van der Waals surface area (Å²) in [6.07, 6.45) is 1.20. The van der Waals surface area contributed by atoms with E-state index in [0.29, 0.717) is 23.7 Å². The quantitative estimate of drug-likeness (QED) is 0.721. The van der Waals surface area contributed by atoms with Gasteiger partial charge in [-0.1, -0.05) is 13.8 Å². The van der Waals surface area contributed by atoms with Crippen LogP contribution in [0, 0.1) is 5.92 Å². The summed E-state index contributed by atoms with van der Waals surface area (Å²) in [6, 6.07) is 6.46. The molecule has 1 aliphatic rings. The molecule has 1 aliphatic heterocycles. The van der Waals surface area contributed by atoms with Crippen LogP contribution in [-0.2, 0) is 9.59 Å². The van der Waals surface area contributed by atoms with E-state index in [2.05, 4.69) is 24.6 Å². The van der Waals surface area contributed by atoms with Crippen LogP contribution in [0.4, 0.5) is 5.69 Å². The molecule has 0 aliphatic carbocycles. The summed E-state index contributed by atoms with van der Waals surface area (Å²) in [4.78, 5) is 35.6. The average molecular weight is 332 g/mol. The molecule has 0 aromatic heterocycles. The van der Waals surface area contributed by atoms with E-state index in [1.807, 2.05) is 0 Å². The zero-order valence-electron chi connectivity index (χ0n) is 14.0. The highest BCUT2D eigenvalue weighted by Crippen LogP contribution is 2.18. The van der Waals surface area contributed by atoms with Gasteiger partial charge in [0.2, 0.25) is 11.8 Å². The van der Waals surface area contributed by atoms with E-state index in [9.17, 15) is 14.4 Å². The minimum Gasteiger partial charge on any atom is -0.348 e. The zero-order chi connectivity index (χ0) is 17.7. The van der Waals surface area contributed by atoms with Crippen molar-refractivity contribution in [3.05, 3.63) is 29.8 Å². The molecule has 7 nitrogen and oxygen atoms in total. The summed E-state index contributed by atoms with van der Waals surface area (Å²) < 4.78 is 0. The second-order valence-electron chi connectivity index (χ2n) is 6.35. The molecule has 0 bridgehead atoms. The lowest BCUT2D eigenvalue weighted by Crippen LogP contribution is -2.50. The van der Waals surface area contributed by atoms with Crippen LogP contribution in [0.2, 0.25) is 0 Å². The molecule has 1 fully saturated rings. The minimum absolute atomic E-state index is 0.0693. The fourth-order valence-electron chi connectivity index (χ4n) is 2.60.